The van der Waals surface area contributed by atoms with Gasteiger partial charge in [-0.15, -0.1) is 0 Å². The van der Waals surface area contributed by atoms with Gasteiger partial charge in [-0.3, -0.25) is 4.79 Å². The van der Waals surface area contributed by atoms with Crippen LogP contribution < -0.4 is 0 Å². The first-order valence-electron chi connectivity index (χ1n) is 4.46. The van der Waals surface area contributed by atoms with E-state index in [0.29, 0.717) is 6.42 Å². The Labute approximate surface area is 73.7 Å². The van der Waals surface area contributed by atoms with E-state index in [0.717, 1.165) is 6.42 Å². The van der Waals surface area contributed by atoms with Crippen molar-refractivity contribution in [2.75, 3.05) is 6.61 Å². The van der Waals surface area contributed by atoms with E-state index >= 15 is 0 Å². The van der Waals surface area contributed by atoms with Crippen LogP contribution >= 0.6 is 0 Å². The van der Waals surface area contributed by atoms with Gasteiger partial charge in [-0.1, -0.05) is 20.8 Å². The average molecular weight is 174 g/mol. The molecule has 0 aromatic carbocycles. The Morgan fingerprint density at radius 1 is 1.50 bits per heavy atom. The molecule has 0 aromatic heterocycles. The molecule has 1 N–H and O–H groups in total. The predicted octanol–water partition coefficient (Wildman–Crippen LogP) is 1.35. The lowest BCUT2D eigenvalue weighted by atomic mass is 10.0. The molecule has 0 rings (SSSR count). The summed E-state index contributed by atoms with van der Waals surface area (Å²) >= 11 is 0. The highest BCUT2D eigenvalue weighted by atomic mass is 16.5. The van der Waals surface area contributed by atoms with Gasteiger partial charge >= 0.3 is 5.97 Å². The van der Waals surface area contributed by atoms with E-state index < -0.39 is 0 Å². The van der Waals surface area contributed by atoms with E-state index in [2.05, 4.69) is 0 Å². The van der Waals surface area contributed by atoms with Crippen LogP contribution in [0.5, 0.6) is 0 Å². The van der Waals surface area contributed by atoms with Crippen LogP contribution in [-0.4, -0.2) is 23.8 Å². The van der Waals surface area contributed by atoms with Crippen LogP contribution in [-0.2, 0) is 9.53 Å². The van der Waals surface area contributed by atoms with Crippen molar-refractivity contribution in [2.45, 2.75) is 39.7 Å². The molecule has 12 heavy (non-hydrogen) atoms. The summed E-state index contributed by atoms with van der Waals surface area (Å²) in [6.07, 6.45) is 1.02. The summed E-state index contributed by atoms with van der Waals surface area (Å²) in [5.41, 5.74) is 0. The van der Waals surface area contributed by atoms with Crippen molar-refractivity contribution in [3.05, 3.63) is 0 Å². The molecule has 0 aromatic rings. The molecule has 3 heteroatoms. The second kappa shape index (κ2) is 6.00. The first-order chi connectivity index (χ1) is 5.65. The van der Waals surface area contributed by atoms with Gasteiger partial charge in [-0.25, -0.2) is 0 Å². The van der Waals surface area contributed by atoms with Crippen molar-refractivity contribution >= 4 is 5.97 Å². The molecule has 0 fully saturated rings. The molecule has 0 bridgehead atoms. The van der Waals surface area contributed by atoms with Gasteiger partial charge in [-0.2, -0.15) is 0 Å². The van der Waals surface area contributed by atoms with Gasteiger partial charge in [0.15, 0.2) is 0 Å². The van der Waals surface area contributed by atoms with Crippen molar-refractivity contribution < 1.29 is 14.6 Å². The van der Waals surface area contributed by atoms with Crippen molar-refractivity contribution in [1.29, 1.82) is 0 Å². The second-order valence-electron chi connectivity index (χ2n) is 2.95. The van der Waals surface area contributed by atoms with Crippen molar-refractivity contribution in [1.82, 2.24) is 0 Å². The Kier molecular flexibility index (Phi) is 5.72. The summed E-state index contributed by atoms with van der Waals surface area (Å²) in [5, 5.41) is 8.83. The third kappa shape index (κ3) is 3.72. The van der Waals surface area contributed by atoms with E-state index in [1.807, 2.05) is 13.8 Å². The fraction of sp³-hybridized carbons (Fsp3) is 0.889. The zero-order valence-electron chi connectivity index (χ0n) is 8.04. The van der Waals surface area contributed by atoms with Crippen LogP contribution in [0.4, 0.5) is 0 Å². The Morgan fingerprint density at radius 2 is 2.08 bits per heavy atom. The Bertz CT molecular complexity index is 134. The molecule has 0 spiro atoms. The largest absolute Gasteiger partial charge is 0.462 e. The third-order valence-electron chi connectivity index (χ3n) is 1.90. The van der Waals surface area contributed by atoms with Crippen LogP contribution in [0.25, 0.3) is 0 Å². The van der Waals surface area contributed by atoms with Crippen LogP contribution in [0.2, 0.25) is 0 Å². The average Bonchev–Trinajstić information content (AvgIpc) is 2.12. The summed E-state index contributed by atoms with van der Waals surface area (Å²) in [4.78, 5) is 10.9. The molecule has 3 nitrogen and oxygen atoms in total. The molecule has 2 atom stereocenters. The first-order valence-corrected chi connectivity index (χ1v) is 4.46. The molecule has 0 amide bonds. The lowest BCUT2D eigenvalue weighted by Gasteiger charge is -2.20. The minimum Gasteiger partial charge on any atom is -0.462 e. The van der Waals surface area contributed by atoms with E-state index in [1.54, 1.807) is 6.92 Å². The maximum absolute atomic E-state index is 10.9. The molecule has 0 aliphatic heterocycles. The second-order valence-corrected chi connectivity index (χ2v) is 2.95. The number of aliphatic hydroxyl groups is 1. The lowest BCUT2D eigenvalue weighted by molar-refractivity contribution is -0.152. The topological polar surface area (TPSA) is 46.5 Å². The molecule has 72 valence electrons. The Hall–Kier alpha value is -0.570. The molecule has 2 unspecified atom stereocenters. The highest BCUT2D eigenvalue weighted by Crippen LogP contribution is 2.11. The number of hydrogen-bond donors (Lipinski definition) is 1. The van der Waals surface area contributed by atoms with E-state index in [-0.39, 0.29) is 24.6 Å². The van der Waals surface area contributed by atoms with Crippen LogP contribution in [0, 0.1) is 5.92 Å². The number of carbonyl (C=O) groups is 1. The Balaban J connectivity index is 3.90. The molecule has 0 aliphatic rings. The number of hydrogen-bond acceptors (Lipinski definition) is 3. The van der Waals surface area contributed by atoms with Crippen molar-refractivity contribution in [3.8, 4) is 0 Å². The number of rotatable bonds is 5. The van der Waals surface area contributed by atoms with Gasteiger partial charge in [-0.05, 0) is 6.42 Å². The molecule has 0 saturated heterocycles. The minimum atomic E-state index is -0.192. The van der Waals surface area contributed by atoms with E-state index in [4.69, 9.17) is 9.84 Å². The summed E-state index contributed by atoms with van der Waals surface area (Å²) in [7, 11) is 0. The van der Waals surface area contributed by atoms with E-state index in [1.165, 1.54) is 0 Å². The first kappa shape index (κ1) is 11.4. The van der Waals surface area contributed by atoms with Gasteiger partial charge in [0.2, 0.25) is 0 Å². The molecular weight excluding hydrogens is 156 g/mol. The number of esters is 1. The smallest absolute Gasteiger partial charge is 0.305 e. The summed E-state index contributed by atoms with van der Waals surface area (Å²) in [6.45, 7) is 5.64. The molecule has 0 aliphatic carbocycles. The molecule has 0 saturated carbocycles. The number of aliphatic hydroxyl groups excluding tert-OH is 1. The molecule has 0 radical (unpaired) electrons. The summed E-state index contributed by atoms with van der Waals surface area (Å²) < 4.78 is 5.10. The fourth-order valence-electron chi connectivity index (χ4n) is 0.972. The van der Waals surface area contributed by atoms with Gasteiger partial charge < -0.3 is 9.84 Å². The highest BCUT2D eigenvalue weighted by Gasteiger charge is 2.17. The standard InChI is InChI=1S/C9H18O3/c1-4-8(7(3)6-10)12-9(11)5-2/h7-8,10H,4-6H2,1-3H3. The highest BCUT2D eigenvalue weighted by molar-refractivity contribution is 5.69. The predicted molar refractivity (Wildman–Crippen MR) is 46.7 cm³/mol. The van der Waals surface area contributed by atoms with Crippen LogP contribution in [0.3, 0.4) is 0 Å². The molecule has 0 heterocycles. The molecular formula is C9H18O3. The zero-order chi connectivity index (χ0) is 9.56. The maximum atomic E-state index is 10.9. The van der Waals surface area contributed by atoms with Gasteiger partial charge in [0, 0.05) is 18.9 Å². The lowest BCUT2D eigenvalue weighted by Crippen LogP contribution is -2.26. The Morgan fingerprint density at radius 3 is 2.42 bits per heavy atom. The SMILES string of the molecule is CCC(=O)OC(CC)C(C)CO. The zero-order valence-corrected chi connectivity index (χ0v) is 8.04. The fourth-order valence-corrected chi connectivity index (χ4v) is 0.972. The van der Waals surface area contributed by atoms with Crippen molar-refractivity contribution in [3.63, 3.8) is 0 Å². The third-order valence-corrected chi connectivity index (χ3v) is 1.90. The maximum Gasteiger partial charge on any atom is 0.305 e. The normalized spacial score (nSPS) is 15.3. The quantitative estimate of drug-likeness (QED) is 0.640. The summed E-state index contributed by atoms with van der Waals surface area (Å²) in [6, 6.07) is 0. The number of carbonyl (C=O) groups excluding carboxylic acids is 1. The van der Waals surface area contributed by atoms with Gasteiger partial charge in [0.25, 0.3) is 0 Å². The van der Waals surface area contributed by atoms with Crippen LogP contribution in [0.1, 0.15) is 33.6 Å². The van der Waals surface area contributed by atoms with Gasteiger partial charge in [0.05, 0.1) is 0 Å². The summed E-state index contributed by atoms with van der Waals surface area (Å²) in [5.74, 6) is -0.160. The van der Waals surface area contributed by atoms with Crippen LogP contribution in [0.15, 0.2) is 0 Å². The monoisotopic (exact) mass is 174 g/mol. The minimum absolute atomic E-state index is 0.0329. The van der Waals surface area contributed by atoms with E-state index in [9.17, 15) is 4.79 Å². The number of ether oxygens (including phenoxy) is 1. The van der Waals surface area contributed by atoms with Crippen molar-refractivity contribution in [2.24, 2.45) is 5.92 Å². The van der Waals surface area contributed by atoms with Gasteiger partial charge in [0.1, 0.15) is 6.10 Å².